The molecule has 7 heteroatoms. The molecule has 2 aromatic rings. The van der Waals surface area contributed by atoms with Crippen LogP contribution in [0.15, 0.2) is 34.5 Å². The number of carbonyl (C=O) groups excluding carboxylic acids is 1. The quantitative estimate of drug-likeness (QED) is 0.573. The first-order valence-electron chi connectivity index (χ1n) is 6.82. The number of hydrogen-bond donors (Lipinski definition) is 2. The van der Waals surface area contributed by atoms with E-state index in [-0.39, 0.29) is 12.5 Å². The Bertz CT molecular complexity index is 599. The van der Waals surface area contributed by atoms with Crippen molar-refractivity contribution in [1.82, 2.24) is 10.3 Å². The molecule has 0 atom stereocenters. The Morgan fingerprint density at radius 2 is 2.14 bits per heavy atom. The molecular weight excluding hydrogens is 318 g/mol. The highest BCUT2D eigenvalue weighted by molar-refractivity contribution is 7.98. The summed E-state index contributed by atoms with van der Waals surface area (Å²) in [5.74, 6) is -0.102. The first-order valence-corrected chi connectivity index (χ1v) is 8.93. The van der Waals surface area contributed by atoms with Gasteiger partial charge in [0.15, 0.2) is 5.13 Å². The second-order valence-electron chi connectivity index (χ2n) is 4.48. The van der Waals surface area contributed by atoms with Crippen LogP contribution in [0, 0.1) is 0 Å². The molecule has 0 radical (unpaired) electrons. The molecule has 1 aromatic carbocycles. The average molecular weight is 337 g/mol. The van der Waals surface area contributed by atoms with E-state index >= 15 is 0 Å². The number of benzene rings is 1. The minimum atomic E-state index is -0.102. The standard InChI is InChI=1S/C15H19N3O2S2/c1-20-8-7-16-9-14(19)18-15-17-13(10-22-15)11-3-5-12(21-2)6-4-11/h3-6,10,16H,7-9H2,1-2H3,(H,17,18,19). The number of hydrogen-bond acceptors (Lipinski definition) is 6. The van der Waals surface area contributed by atoms with Crippen molar-refractivity contribution in [3.8, 4) is 11.3 Å². The van der Waals surface area contributed by atoms with Crippen molar-refractivity contribution in [2.24, 2.45) is 0 Å². The van der Waals surface area contributed by atoms with Crippen LogP contribution in [0.1, 0.15) is 0 Å². The van der Waals surface area contributed by atoms with Gasteiger partial charge in [0.25, 0.3) is 0 Å². The summed E-state index contributed by atoms with van der Waals surface area (Å²) in [6.45, 7) is 1.48. The highest BCUT2D eigenvalue weighted by Crippen LogP contribution is 2.26. The van der Waals surface area contributed by atoms with E-state index in [4.69, 9.17) is 4.74 Å². The van der Waals surface area contributed by atoms with E-state index in [9.17, 15) is 4.79 Å². The Balaban J connectivity index is 1.89. The number of ether oxygens (including phenoxy) is 1. The first kappa shape index (κ1) is 17.0. The number of anilines is 1. The molecule has 0 bridgehead atoms. The van der Waals surface area contributed by atoms with E-state index in [0.717, 1.165) is 11.3 Å². The maximum absolute atomic E-state index is 11.8. The summed E-state index contributed by atoms with van der Waals surface area (Å²) in [7, 11) is 1.63. The second-order valence-corrected chi connectivity index (χ2v) is 6.22. The number of methoxy groups -OCH3 is 1. The van der Waals surface area contributed by atoms with E-state index < -0.39 is 0 Å². The van der Waals surface area contributed by atoms with Gasteiger partial charge >= 0.3 is 0 Å². The van der Waals surface area contributed by atoms with Crippen molar-refractivity contribution in [1.29, 1.82) is 0 Å². The molecule has 0 aliphatic carbocycles. The van der Waals surface area contributed by atoms with Gasteiger partial charge in [0, 0.05) is 29.5 Å². The SMILES string of the molecule is COCCNCC(=O)Nc1nc(-c2ccc(SC)cc2)cs1. The van der Waals surface area contributed by atoms with Gasteiger partial charge in [-0.1, -0.05) is 12.1 Å². The van der Waals surface area contributed by atoms with E-state index in [1.807, 2.05) is 23.8 Å². The zero-order chi connectivity index (χ0) is 15.8. The van der Waals surface area contributed by atoms with Gasteiger partial charge in [-0.05, 0) is 18.4 Å². The highest BCUT2D eigenvalue weighted by atomic mass is 32.2. The molecule has 5 nitrogen and oxygen atoms in total. The molecule has 1 aromatic heterocycles. The zero-order valence-electron chi connectivity index (χ0n) is 12.6. The van der Waals surface area contributed by atoms with Gasteiger partial charge in [0.2, 0.25) is 5.91 Å². The topological polar surface area (TPSA) is 63.2 Å². The van der Waals surface area contributed by atoms with E-state index in [0.29, 0.717) is 18.3 Å². The lowest BCUT2D eigenvalue weighted by Gasteiger charge is -2.03. The summed E-state index contributed by atoms with van der Waals surface area (Å²) >= 11 is 3.13. The number of nitrogens with zero attached hydrogens (tertiary/aromatic N) is 1. The largest absolute Gasteiger partial charge is 0.383 e. The molecular formula is C15H19N3O2S2. The lowest BCUT2D eigenvalue weighted by molar-refractivity contribution is -0.115. The molecule has 118 valence electrons. The second kappa shape index (κ2) is 8.89. The lowest BCUT2D eigenvalue weighted by atomic mass is 10.2. The molecule has 2 N–H and O–H groups in total. The summed E-state index contributed by atoms with van der Waals surface area (Å²) < 4.78 is 4.90. The number of nitrogens with one attached hydrogen (secondary N) is 2. The van der Waals surface area contributed by atoms with Crippen LogP contribution >= 0.6 is 23.1 Å². The molecule has 0 aliphatic rings. The van der Waals surface area contributed by atoms with Gasteiger partial charge in [-0.3, -0.25) is 4.79 Å². The Hall–Kier alpha value is -1.41. The van der Waals surface area contributed by atoms with Crippen molar-refractivity contribution in [3.63, 3.8) is 0 Å². The summed E-state index contributed by atoms with van der Waals surface area (Å²) in [4.78, 5) is 17.4. The fraction of sp³-hybridized carbons (Fsp3) is 0.333. The Labute approximate surface area is 138 Å². The third kappa shape index (κ3) is 5.10. The van der Waals surface area contributed by atoms with Crippen LogP contribution < -0.4 is 10.6 Å². The van der Waals surface area contributed by atoms with Crippen molar-refractivity contribution in [2.75, 3.05) is 38.4 Å². The molecule has 1 amide bonds. The summed E-state index contributed by atoms with van der Waals surface area (Å²) in [6.07, 6.45) is 2.05. The monoisotopic (exact) mass is 337 g/mol. The van der Waals surface area contributed by atoms with E-state index in [1.165, 1.54) is 16.2 Å². The highest BCUT2D eigenvalue weighted by Gasteiger charge is 2.07. The van der Waals surface area contributed by atoms with Crippen molar-refractivity contribution >= 4 is 34.1 Å². The third-order valence-electron chi connectivity index (χ3n) is 2.90. The molecule has 0 unspecified atom stereocenters. The van der Waals surface area contributed by atoms with Crippen LogP contribution in [0.4, 0.5) is 5.13 Å². The summed E-state index contributed by atoms with van der Waals surface area (Å²) in [5.41, 5.74) is 1.92. The van der Waals surface area contributed by atoms with Gasteiger partial charge in [-0.25, -0.2) is 4.98 Å². The van der Waals surface area contributed by atoms with E-state index in [2.05, 4.69) is 27.8 Å². The van der Waals surface area contributed by atoms with Crippen LogP contribution in [0.2, 0.25) is 0 Å². The maximum Gasteiger partial charge on any atom is 0.240 e. The number of aromatic nitrogens is 1. The van der Waals surface area contributed by atoms with Crippen LogP contribution in [0.5, 0.6) is 0 Å². The first-order chi connectivity index (χ1) is 10.7. The molecule has 0 spiro atoms. The molecule has 0 saturated carbocycles. The Morgan fingerprint density at radius 1 is 1.36 bits per heavy atom. The predicted molar refractivity (Wildman–Crippen MR) is 92.7 cm³/mol. The number of thiazole rings is 1. The average Bonchev–Trinajstić information content (AvgIpc) is 3.00. The van der Waals surface area contributed by atoms with Gasteiger partial charge in [-0.2, -0.15) is 0 Å². The fourth-order valence-electron chi connectivity index (χ4n) is 1.77. The number of amides is 1. The minimum absolute atomic E-state index is 0.102. The van der Waals surface area contributed by atoms with Gasteiger partial charge < -0.3 is 15.4 Å². The molecule has 0 saturated heterocycles. The van der Waals surface area contributed by atoms with E-state index in [1.54, 1.807) is 18.9 Å². The van der Waals surface area contributed by atoms with Gasteiger partial charge in [0.1, 0.15) is 0 Å². The molecule has 0 aliphatic heterocycles. The van der Waals surface area contributed by atoms with Crippen LogP contribution in [0.25, 0.3) is 11.3 Å². The summed E-state index contributed by atoms with van der Waals surface area (Å²) in [6, 6.07) is 8.21. The van der Waals surface area contributed by atoms with Crippen molar-refractivity contribution in [3.05, 3.63) is 29.6 Å². The normalized spacial score (nSPS) is 10.6. The molecule has 2 rings (SSSR count). The van der Waals surface area contributed by atoms with Gasteiger partial charge in [0.05, 0.1) is 18.8 Å². The maximum atomic E-state index is 11.8. The van der Waals surface area contributed by atoms with Crippen LogP contribution in [-0.4, -0.2) is 44.0 Å². The fourth-order valence-corrected chi connectivity index (χ4v) is 2.91. The molecule has 1 heterocycles. The number of carbonyl (C=O) groups is 1. The molecule has 22 heavy (non-hydrogen) atoms. The third-order valence-corrected chi connectivity index (χ3v) is 4.41. The number of thioether (sulfide) groups is 1. The zero-order valence-corrected chi connectivity index (χ0v) is 14.2. The van der Waals surface area contributed by atoms with Gasteiger partial charge in [-0.15, -0.1) is 23.1 Å². The predicted octanol–water partition coefficient (Wildman–Crippen LogP) is 2.71. The van der Waals surface area contributed by atoms with Crippen molar-refractivity contribution in [2.45, 2.75) is 4.90 Å². The van der Waals surface area contributed by atoms with Crippen LogP contribution in [0.3, 0.4) is 0 Å². The minimum Gasteiger partial charge on any atom is -0.383 e. The Kier molecular flexibility index (Phi) is 6.85. The smallest absolute Gasteiger partial charge is 0.240 e. The number of rotatable bonds is 8. The lowest BCUT2D eigenvalue weighted by Crippen LogP contribution is -2.30. The summed E-state index contributed by atoms with van der Waals surface area (Å²) in [5, 5.41) is 8.35. The molecule has 0 fully saturated rings. The van der Waals surface area contributed by atoms with Crippen molar-refractivity contribution < 1.29 is 9.53 Å². The Morgan fingerprint density at radius 3 is 2.82 bits per heavy atom. The van der Waals surface area contributed by atoms with Crippen LogP contribution in [-0.2, 0) is 9.53 Å².